The van der Waals surface area contributed by atoms with Crippen LogP contribution >= 0.6 is 0 Å². The second-order valence-electron chi connectivity index (χ2n) is 4.18. The number of carboxylic acid groups (broad SMARTS) is 1. The number of benzene rings is 1. The molecule has 0 atom stereocenters. The minimum absolute atomic E-state index is 0.00519. The van der Waals surface area contributed by atoms with E-state index in [0.717, 1.165) is 5.69 Å². The van der Waals surface area contributed by atoms with Crippen molar-refractivity contribution in [1.29, 1.82) is 0 Å². The van der Waals surface area contributed by atoms with E-state index in [1.165, 1.54) is 12.3 Å². The van der Waals surface area contributed by atoms with E-state index < -0.39 is 5.97 Å². The fraction of sp³-hybridized carbons (Fsp3) is 0.143. The van der Waals surface area contributed by atoms with Crippen LogP contribution in [-0.2, 0) is 0 Å². The van der Waals surface area contributed by atoms with Crippen LogP contribution in [0.1, 0.15) is 10.5 Å². The maximum absolute atomic E-state index is 10.7. The molecular formula is C14H14N2O3. The number of ether oxygens (including phenoxy) is 1. The van der Waals surface area contributed by atoms with E-state index in [0.29, 0.717) is 11.5 Å². The average molecular weight is 258 g/mol. The number of rotatable bonds is 4. The van der Waals surface area contributed by atoms with E-state index in [1.807, 2.05) is 43.3 Å². The van der Waals surface area contributed by atoms with Crippen LogP contribution in [0.5, 0.6) is 11.5 Å². The molecule has 1 aromatic carbocycles. The Balaban J connectivity index is 2.16. The molecular weight excluding hydrogens is 244 g/mol. The van der Waals surface area contributed by atoms with Crippen LogP contribution < -0.4 is 9.64 Å². The zero-order valence-electron chi connectivity index (χ0n) is 10.7. The first-order valence-electron chi connectivity index (χ1n) is 5.71. The molecule has 0 saturated heterocycles. The molecule has 0 unspecified atom stereocenters. The van der Waals surface area contributed by atoms with Crippen LogP contribution in [0.2, 0.25) is 0 Å². The normalized spacial score (nSPS) is 10.0. The van der Waals surface area contributed by atoms with Crippen molar-refractivity contribution >= 4 is 11.7 Å². The summed E-state index contributed by atoms with van der Waals surface area (Å²) >= 11 is 0. The van der Waals surface area contributed by atoms with Crippen molar-refractivity contribution in [2.45, 2.75) is 0 Å². The van der Waals surface area contributed by atoms with Gasteiger partial charge in [0.25, 0.3) is 0 Å². The lowest BCUT2D eigenvalue weighted by atomic mass is 10.3. The molecule has 1 aromatic heterocycles. The van der Waals surface area contributed by atoms with E-state index in [9.17, 15) is 4.79 Å². The molecule has 0 aliphatic rings. The van der Waals surface area contributed by atoms with Gasteiger partial charge in [-0.05, 0) is 24.3 Å². The summed E-state index contributed by atoms with van der Waals surface area (Å²) in [5.74, 6) is 0.123. The summed E-state index contributed by atoms with van der Waals surface area (Å²) < 4.78 is 5.62. The SMILES string of the molecule is CN(C)c1cccc(Oc2ccc(C(=O)O)nc2)c1. The van der Waals surface area contributed by atoms with Gasteiger partial charge in [-0.25, -0.2) is 9.78 Å². The third-order valence-electron chi connectivity index (χ3n) is 2.53. The van der Waals surface area contributed by atoms with E-state index >= 15 is 0 Å². The highest BCUT2D eigenvalue weighted by Gasteiger charge is 2.05. The van der Waals surface area contributed by atoms with Crippen LogP contribution in [-0.4, -0.2) is 30.2 Å². The minimum Gasteiger partial charge on any atom is -0.477 e. The molecule has 0 radical (unpaired) electrons. The molecule has 0 fully saturated rings. The molecule has 98 valence electrons. The first-order chi connectivity index (χ1) is 9.06. The number of pyridine rings is 1. The van der Waals surface area contributed by atoms with Gasteiger partial charge in [-0.3, -0.25) is 0 Å². The predicted molar refractivity (Wildman–Crippen MR) is 72.0 cm³/mol. The molecule has 0 spiro atoms. The number of anilines is 1. The summed E-state index contributed by atoms with van der Waals surface area (Å²) in [4.78, 5) is 16.4. The number of carboxylic acids is 1. The van der Waals surface area contributed by atoms with Gasteiger partial charge >= 0.3 is 5.97 Å². The Hall–Kier alpha value is -2.56. The van der Waals surface area contributed by atoms with Crippen LogP contribution in [0.25, 0.3) is 0 Å². The number of hydrogen-bond acceptors (Lipinski definition) is 4. The quantitative estimate of drug-likeness (QED) is 0.913. The number of aromatic nitrogens is 1. The Labute approximate surface area is 111 Å². The van der Waals surface area contributed by atoms with Gasteiger partial charge in [0, 0.05) is 25.8 Å². The highest BCUT2D eigenvalue weighted by atomic mass is 16.5. The van der Waals surface area contributed by atoms with Gasteiger partial charge < -0.3 is 14.7 Å². The van der Waals surface area contributed by atoms with Crippen molar-refractivity contribution in [3.05, 3.63) is 48.3 Å². The molecule has 19 heavy (non-hydrogen) atoms. The molecule has 1 N–H and O–H groups in total. The van der Waals surface area contributed by atoms with Crippen molar-refractivity contribution in [1.82, 2.24) is 4.98 Å². The second kappa shape index (κ2) is 5.39. The monoisotopic (exact) mass is 258 g/mol. The minimum atomic E-state index is -1.05. The fourth-order valence-corrected chi connectivity index (χ4v) is 1.53. The van der Waals surface area contributed by atoms with Crippen LogP contribution in [0.4, 0.5) is 5.69 Å². The van der Waals surface area contributed by atoms with Gasteiger partial charge in [0.1, 0.15) is 17.2 Å². The van der Waals surface area contributed by atoms with Gasteiger partial charge in [-0.15, -0.1) is 0 Å². The zero-order valence-corrected chi connectivity index (χ0v) is 10.7. The molecule has 2 aromatic rings. The van der Waals surface area contributed by atoms with Crippen molar-refractivity contribution in [3.8, 4) is 11.5 Å². The zero-order chi connectivity index (χ0) is 13.8. The molecule has 0 aliphatic heterocycles. The number of hydrogen-bond donors (Lipinski definition) is 1. The summed E-state index contributed by atoms with van der Waals surface area (Å²) in [5.41, 5.74) is 1.02. The highest BCUT2D eigenvalue weighted by Crippen LogP contribution is 2.24. The molecule has 0 saturated carbocycles. The van der Waals surface area contributed by atoms with Crippen molar-refractivity contribution in [2.24, 2.45) is 0 Å². The summed E-state index contributed by atoms with van der Waals surface area (Å²) in [6, 6.07) is 10.6. The van der Waals surface area contributed by atoms with Gasteiger partial charge in [-0.2, -0.15) is 0 Å². The average Bonchev–Trinajstić information content (AvgIpc) is 2.39. The van der Waals surface area contributed by atoms with E-state index in [4.69, 9.17) is 9.84 Å². The van der Waals surface area contributed by atoms with E-state index in [1.54, 1.807) is 6.07 Å². The lowest BCUT2D eigenvalue weighted by Gasteiger charge is -2.13. The summed E-state index contributed by atoms with van der Waals surface area (Å²) in [6.07, 6.45) is 1.39. The lowest BCUT2D eigenvalue weighted by molar-refractivity contribution is 0.0690. The molecule has 1 heterocycles. The third-order valence-corrected chi connectivity index (χ3v) is 2.53. The lowest BCUT2D eigenvalue weighted by Crippen LogP contribution is -2.08. The van der Waals surface area contributed by atoms with Crippen LogP contribution in [0, 0.1) is 0 Å². The Kier molecular flexibility index (Phi) is 3.66. The van der Waals surface area contributed by atoms with Crippen molar-refractivity contribution in [3.63, 3.8) is 0 Å². The van der Waals surface area contributed by atoms with Gasteiger partial charge in [0.2, 0.25) is 0 Å². The Morgan fingerprint density at radius 3 is 2.58 bits per heavy atom. The standard InChI is InChI=1S/C14H14N2O3/c1-16(2)10-4-3-5-11(8-10)19-12-6-7-13(14(17)18)15-9-12/h3-9H,1-2H3,(H,17,18). The maximum atomic E-state index is 10.7. The smallest absolute Gasteiger partial charge is 0.354 e. The number of aromatic carboxylic acids is 1. The number of carbonyl (C=O) groups is 1. The summed E-state index contributed by atoms with van der Waals surface area (Å²) in [7, 11) is 3.89. The Morgan fingerprint density at radius 1 is 1.21 bits per heavy atom. The topological polar surface area (TPSA) is 62.7 Å². The van der Waals surface area contributed by atoms with Crippen LogP contribution in [0.15, 0.2) is 42.6 Å². The first kappa shape index (κ1) is 12.9. The summed E-state index contributed by atoms with van der Waals surface area (Å²) in [6.45, 7) is 0. The largest absolute Gasteiger partial charge is 0.477 e. The predicted octanol–water partition coefficient (Wildman–Crippen LogP) is 2.64. The van der Waals surface area contributed by atoms with Crippen molar-refractivity contribution < 1.29 is 14.6 Å². The molecule has 5 nitrogen and oxygen atoms in total. The molecule has 0 bridgehead atoms. The maximum Gasteiger partial charge on any atom is 0.354 e. The van der Waals surface area contributed by atoms with Gasteiger partial charge in [0.05, 0.1) is 6.20 Å². The van der Waals surface area contributed by atoms with Crippen molar-refractivity contribution in [2.75, 3.05) is 19.0 Å². The van der Waals surface area contributed by atoms with Gasteiger partial charge in [-0.1, -0.05) is 6.07 Å². The molecule has 5 heteroatoms. The fourth-order valence-electron chi connectivity index (χ4n) is 1.53. The first-order valence-corrected chi connectivity index (χ1v) is 5.71. The number of nitrogens with zero attached hydrogens (tertiary/aromatic N) is 2. The van der Waals surface area contributed by atoms with Gasteiger partial charge in [0.15, 0.2) is 0 Å². The highest BCUT2D eigenvalue weighted by molar-refractivity contribution is 5.85. The van der Waals surface area contributed by atoms with E-state index in [-0.39, 0.29) is 5.69 Å². The second-order valence-corrected chi connectivity index (χ2v) is 4.18. The molecule has 2 rings (SSSR count). The Bertz CT molecular complexity index is 579. The molecule has 0 aliphatic carbocycles. The third kappa shape index (κ3) is 3.22. The van der Waals surface area contributed by atoms with E-state index in [2.05, 4.69) is 4.98 Å². The van der Waals surface area contributed by atoms with Crippen LogP contribution in [0.3, 0.4) is 0 Å². The summed E-state index contributed by atoms with van der Waals surface area (Å²) in [5, 5.41) is 8.75. The molecule has 0 amide bonds. The Morgan fingerprint density at radius 2 is 2.00 bits per heavy atom.